The summed E-state index contributed by atoms with van der Waals surface area (Å²) in [6, 6.07) is 6.96. The van der Waals surface area contributed by atoms with Gasteiger partial charge in [0, 0.05) is 26.1 Å². The van der Waals surface area contributed by atoms with Gasteiger partial charge in [0.2, 0.25) is 0 Å². The Labute approximate surface area is 169 Å². The maximum Gasteiger partial charge on any atom is 0.414 e. The first-order chi connectivity index (χ1) is 12.6. The lowest BCUT2D eigenvalue weighted by molar-refractivity contribution is 0.170. The van der Waals surface area contributed by atoms with Crippen LogP contribution < -0.4 is 4.74 Å². The molecule has 4 nitrogen and oxygen atoms in total. The van der Waals surface area contributed by atoms with Crippen LogP contribution in [-0.2, 0) is 6.42 Å². The quantitative estimate of drug-likeness (QED) is 0.734. The molecule has 1 aromatic carbocycles. The first kappa shape index (κ1) is 20.5. The van der Waals surface area contributed by atoms with E-state index in [9.17, 15) is 4.79 Å². The molecule has 4 rings (SSSR count). The van der Waals surface area contributed by atoms with E-state index in [1.807, 2.05) is 6.07 Å². The van der Waals surface area contributed by atoms with Crippen LogP contribution in [0.3, 0.4) is 0 Å². The highest BCUT2D eigenvalue weighted by Crippen LogP contribution is 2.44. The first-order valence-electron chi connectivity index (χ1n) is 10.4. The Kier molecular flexibility index (Phi) is 6.69. The molecule has 3 aliphatic rings. The molecule has 1 aliphatic heterocycles. The van der Waals surface area contributed by atoms with Crippen molar-refractivity contribution in [2.75, 3.05) is 27.2 Å². The van der Waals surface area contributed by atoms with Crippen LogP contribution in [0.15, 0.2) is 18.2 Å². The Balaban J connectivity index is 0.00000210. The molecule has 0 aromatic heterocycles. The number of nitrogens with zero attached hydrogens (tertiary/aromatic N) is 2. The summed E-state index contributed by atoms with van der Waals surface area (Å²) in [5.74, 6) is 2.35. The zero-order valence-corrected chi connectivity index (χ0v) is 17.5. The van der Waals surface area contributed by atoms with E-state index in [1.54, 1.807) is 14.1 Å². The highest BCUT2D eigenvalue weighted by Gasteiger charge is 2.39. The van der Waals surface area contributed by atoms with Crippen LogP contribution in [0.2, 0.25) is 0 Å². The standard InChI is InChI=1S/C22H32N2O2.ClH/c1-23(2)22(25)26-21-9-5-8-17-18-13-15-24(20(18)11-10-19(17)21)14-12-16-6-3-4-7-16;/h5,8-9,16,18,20H,3-4,6-7,10-15H2,1-2H3;1H/t18-,20+;/m1./s1. The molecule has 150 valence electrons. The smallest absolute Gasteiger partial charge is 0.410 e. The van der Waals surface area contributed by atoms with E-state index in [4.69, 9.17) is 4.74 Å². The van der Waals surface area contributed by atoms with Gasteiger partial charge in [0.05, 0.1) is 0 Å². The number of hydrogen-bond acceptors (Lipinski definition) is 3. The van der Waals surface area contributed by atoms with Gasteiger partial charge in [0.25, 0.3) is 0 Å². The number of amides is 1. The van der Waals surface area contributed by atoms with Gasteiger partial charge in [-0.1, -0.05) is 37.8 Å². The summed E-state index contributed by atoms with van der Waals surface area (Å²) in [6.07, 6.45) is 10.3. The second kappa shape index (κ2) is 8.83. The number of carbonyl (C=O) groups excluding carboxylic acids is 1. The van der Waals surface area contributed by atoms with Crippen LogP contribution in [0.1, 0.15) is 62.0 Å². The van der Waals surface area contributed by atoms with Crippen LogP contribution in [0, 0.1) is 5.92 Å². The third kappa shape index (κ3) is 4.27. The number of halogens is 1. The molecule has 0 bridgehead atoms. The SMILES string of the molecule is CN(C)C(=O)Oc1cccc2c1CC[C@H]1[C@@H]2CCN1CCC1CCCC1.Cl. The molecule has 2 aliphatic carbocycles. The number of benzene rings is 1. The van der Waals surface area contributed by atoms with Gasteiger partial charge in [-0.05, 0) is 61.9 Å². The van der Waals surface area contributed by atoms with Gasteiger partial charge >= 0.3 is 6.09 Å². The van der Waals surface area contributed by atoms with Crippen LogP contribution in [0.5, 0.6) is 5.75 Å². The van der Waals surface area contributed by atoms with Gasteiger partial charge in [0.1, 0.15) is 5.75 Å². The second-order valence-corrected chi connectivity index (χ2v) is 8.56. The topological polar surface area (TPSA) is 32.8 Å². The number of rotatable bonds is 4. The average molecular weight is 393 g/mol. The fraction of sp³-hybridized carbons (Fsp3) is 0.682. The third-order valence-corrected chi connectivity index (χ3v) is 6.78. The normalized spacial score (nSPS) is 24.8. The highest BCUT2D eigenvalue weighted by atomic mass is 35.5. The molecule has 1 heterocycles. The predicted molar refractivity (Wildman–Crippen MR) is 111 cm³/mol. The molecular weight excluding hydrogens is 360 g/mol. The third-order valence-electron chi connectivity index (χ3n) is 6.78. The molecule has 0 spiro atoms. The summed E-state index contributed by atoms with van der Waals surface area (Å²) in [5.41, 5.74) is 2.69. The molecule has 0 unspecified atom stereocenters. The van der Waals surface area contributed by atoms with E-state index in [-0.39, 0.29) is 18.5 Å². The van der Waals surface area contributed by atoms with Gasteiger partial charge in [-0.3, -0.25) is 4.90 Å². The maximum absolute atomic E-state index is 12.0. The van der Waals surface area contributed by atoms with E-state index in [0.717, 1.165) is 18.1 Å². The summed E-state index contributed by atoms with van der Waals surface area (Å²) >= 11 is 0. The second-order valence-electron chi connectivity index (χ2n) is 8.56. The molecule has 1 saturated carbocycles. The number of fused-ring (bicyclic) bond motifs is 3. The zero-order chi connectivity index (χ0) is 18.1. The van der Waals surface area contributed by atoms with Gasteiger partial charge in [-0.2, -0.15) is 0 Å². The molecule has 1 aromatic rings. The fourth-order valence-corrected chi connectivity index (χ4v) is 5.36. The van der Waals surface area contributed by atoms with E-state index in [0.29, 0.717) is 12.0 Å². The van der Waals surface area contributed by atoms with Crippen molar-refractivity contribution in [1.82, 2.24) is 9.80 Å². The largest absolute Gasteiger partial charge is 0.414 e. The fourth-order valence-electron chi connectivity index (χ4n) is 5.36. The van der Waals surface area contributed by atoms with E-state index < -0.39 is 0 Å². The molecule has 5 heteroatoms. The lowest BCUT2D eigenvalue weighted by Gasteiger charge is -2.34. The van der Waals surface area contributed by atoms with Crippen molar-refractivity contribution < 1.29 is 9.53 Å². The van der Waals surface area contributed by atoms with Gasteiger partial charge in [-0.15, -0.1) is 12.4 Å². The summed E-state index contributed by atoms with van der Waals surface area (Å²) in [5, 5.41) is 0. The van der Waals surface area contributed by atoms with Gasteiger partial charge < -0.3 is 9.64 Å². The van der Waals surface area contributed by atoms with Crippen molar-refractivity contribution >= 4 is 18.5 Å². The van der Waals surface area contributed by atoms with Crippen LogP contribution >= 0.6 is 12.4 Å². The minimum atomic E-state index is -0.287. The van der Waals surface area contributed by atoms with E-state index in [2.05, 4.69) is 17.0 Å². The Morgan fingerprint density at radius 3 is 2.70 bits per heavy atom. The van der Waals surface area contributed by atoms with E-state index in [1.165, 1.54) is 74.1 Å². The Morgan fingerprint density at radius 1 is 1.19 bits per heavy atom. The molecule has 2 fully saturated rings. The van der Waals surface area contributed by atoms with Crippen molar-refractivity contribution in [2.24, 2.45) is 5.92 Å². The Bertz CT molecular complexity index is 658. The maximum atomic E-state index is 12.0. The Hall–Kier alpha value is -1.26. The molecule has 1 amide bonds. The minimum absolute atomic E-state index is 0. The summed E-state index contributed by atoms with van der Waals surface area (Å²) in [4.78, 5) is 16.2. The van der Waals surface area contributed by atoms with Crippen molar-refractivity contribution in [3.05, 3.63) is 29.3 Å². The lowest BCUT2D eigenvalue weighted by Crippen LogP contribution is -2.36. The van der Waals surface area contributed by atoms with Gasteiger partial charge in [-0.25, -0.2) is 4.79 Å². The van der Waals surface area contributed by atoms with Crippen LogP contribution in [-0.4, -0.2) is 49.1 Å². The minimum Gasteiger partial charge on any atom is -0.410 e. The van der Waals surface area contributed by atoms with Crippen molar-refractivity contribution in [3.8, 4) is 5.75 Å². The van der Waals surface area contributed by atoms with E-state index >= 15 is 0 Å². The Morgan fingerprint density at radius 2 is 1.96 bits per heavy atom. The zero-order valence-electron chi connectivity index (χ0n) is 16.7. The number of hydrogen-bond donors (Lipinski definition) is 0. The molecule has 2 atom stereocenters. The molecule has 0 radical (unpaired) electrons. The average Bonchev–Trinajstić information content (AvgIpc) is 3.29. The molecular formula is C22H33ClN2O2. The van der Waals surface area contributed by atoms with Crippen molar-refractivity contribution in [2.45, 2.75) is 63.3 Å². The summed E-state index contributed by atoms with van der Waals surface area (Å²) < 4.78 is 5.64. The van der Waals surface area contributed by atoms with Crippen LogP contribution in [0.25, 0.3) is 0 Å². The van der Waals surface area contributed by atoms with Crippen molar-refractivity contribution in [1.29, 1.82) is 0 Å². The molecule has 1 saturated heterocycles. The molecule has 27 heavy (non-hydrogen) atoms. The monoisotopic (exact) mass is 392 g/mol. The highest BCUT2D eigenvalue weighted by molar-refractivity contribution is 5.85. The number of likely N-dealkylation sites (tertiary alicyclic amines) is 1. The van der Waals surface area contributed by atoms with Gasteiger partial charge in [0.15, 0.2) is 0 Å². The predicted octanol–water partition coefficient (Wildman–Crippen LogP) is 4.85. The lowest BCUT2D eigenvalue weighted by atomic mass is 9.79. The van der Waals surface area contributed by atoms with Crippen molar-refractivity contribution in [3.63, 3.8) is 0 Å². The van der Waals surface area contributed by atoms with Crippen LogP contribution in [0.4, 0.5) is 4.79 Å². The number of ether oxygens (including phenoxy) is 1. The summed E-state index contributed by atoms with van der Waals surface area (Å²) in [7, 11) is 3.46. The summed E-state index contributed by atoms with van der Waals surface area (Å²) in [6.45, 7) is 2.50. The molecule has 0 N–H and O–H groups in total. The number of carbonyl (C=O) groups is 1. The first-order valence-corrected chi connectivity index (χ1v) is 10.4.